The zero-order chi connectivity index (χ0) is 15.6. The number of carboxylic acid groups (broad SMARTS) is 1. The van der Waals surface area contributed by atoms with Crippen LogP contribution in [0.3, 0.4) is 0 Å². The highest BCUT2D eigenvalue weighted by Crippen LogP contribution is 2.25. The van der Waals surface area contributed by atoms with E-state index in [1.807, 2.05) is 5.32 Å². The van der Waals surface area contributed by atoms with Crippen molar-refractivity contribution in [1.29, 1.82) is 0 Å². The molecule has 5 nitrogen and oxygen atoms in total. The third-order valence-corrected chi connectivity index (χ3v) is 3.48. The second kappa shape index (κ2) is 5.88. The maximum Gasteiger partial charge on any atom is 0.338 e. The Bertz CT molecular complexity index is 715. The van der Waals surface area contributed by atoms with Crippen molar-refractivity contribution in [2.45, 2.75) is 6.92 Å². The Morgan fingerprint density at radius 3 is 2.57 bits per heavy atom. The first-order valence-electron chi connectivity index (χ1n) is 5.73. The minimum Gasteiger partial charge on any atom is -0.478 e. The molecule has 8 heteroatoms. The van der Waals surface area contributed by atoms with Gasteiger partial charge in [-0.3, -0.25) is 5.32 Å². The molecule has 0 spiro atoms. The van der Waals surface area contributed by atoms with Gasteiger partial charge in [0.25, 0.3) is 0 Å². The molecule has 2 amide bonds. The molecule has 1 heterocycles. The van der Waals surface area contributed by atoms with Gasteiger partial charge in [-0.15, -0.1) is 11.3 Å². The van der Waals surface area contributed by atoms with Gasteiger partial charge in [0.1, 0.15) is 16.5 Å². The van der Waals surface area contributed by atoms with Crippen LogP contribution in [-0.4, -0.2) is 17.1 Å². The molecule has 0 radical (unpaired) electrons. The smallest absolute Gasteiger partial charge is 0.338 e. The van der Waals surface area contributed by atoms with Crippen molar-refractivity contribution in [2.75, 3.05) is 10.6 Å². The lowest BCUT2D eigenvalue weighted by Crippen LogP contribution is -2.21. The Balaban J connectivity index is 2.18. The molecule has 2 aromatic rings. The van der Waals surface area contributed by atoms with E-state index in [9.17, 15) is 18.4 Å². The molecule has 0 aliphatic carbocycles. The molecule has 0 saturated heterocycles. The molecule has 21 heavy (non-hydrogen) atoms. The van der Waals surface area contributed by atoms with E-state index in [1.165, 1.54) is 24.4 Å². The highest BCUT2D eigenvalue weighted by molar-refractivity contribution is 7.14. The number of aromatic carboxylic acids is 1. The van der Waals surface area contributed by atoms with Crippen LogP contribution in [0.1, 0.15) is 15.9 Å². The lowest BCUT2D eigenvalue weighted by Gasteiger charge is -2.10. The number of urea groups is 1. The van der Waals surface area contributed by atoms with E-state index in [2.05, 4.69) is 5.32 Å². The van der Waals surface area contributed by atoms with Crippen LogP contribution < -0.4 is 10.6 Å². The van der Waals surface area contributed by atoms with Crippen molar-refractivity contribution < 1.29 is 23.5 Å². The third-order valence-electron chi connectivity index (χ3n) is 2.65. The van der Waals surface area contributed by atoms with Gasteiger partial charge < -0.3 is 10.4 Å². The molecule has 2 rings (SSSR count). The predicted octanol–water partition coefficient (Wildman–Crippen LogP) is 3.68. The Morgan fingerprint density at radius 1 is 1.19 bits per heavy atom. The number of hydrogen-bond acceptors (Lipinski definition) is 3. The predicted molar refractivity (Wildman–Crippen MR) is 75.0 cm³/mol. The molecule has 1 aromatic heterocycles. The topological polar surface area (TPSA) is 78.4 Å². The molecule has 0 aliphatic heterocycles. The van der Waals surface area contributed by atoms with Gasteiger partial charge >= 0.3 is 12.0 Å². The van der Waals surface area contributed by atoms with E-state index in [4.69, 9.17) is 5.11 Å². The largest absolute Gasteiger partial charge is 0.478 e. The van der Waals surface area contributed by atoms with Gasteiger partial charge in [-0.1, -0.05) is 6.07 Å². The molecule has 1 aromatic carbocycles. The zero-order valence-corrected chi connectivity index (χ0v) is 11.6. The summed E-state index contributed by atoms with van der Waals surface area (Å²) in [5.74, 6) is -3.01. The van der Waals surface area contributed by atoms with Gasteiger partial charge in [0.05, 0.1) is 5.56 Å². The van der Waals surface area contributed by atoms with Gasteiger partial charge in [0.2, 0.25) is 0 Å². The normalized spacial score (nSPS) is 10.2. The number of hydrogen-bond donors (Lipinski definition) is 3. The Kier molecular flexibility index (Phi) is 4.18. The molecule has 0 atom stereocenters. The molecule has 0 saturated carbocycles. The third kappa shape index (κ3) is 3.16. The maximum atomic E-state index is 13.7. The molecular weight excluding hydrogens is 302 g/mol. The van der Waals surface area contributed by atoms with Crippen LogP contribution in [0.2, 0.25) is 0 Å². The van der Waals surface area contributed by atoms with Crippen LogP contribution in [0.4, 0.5) is 24.3 Å². The SMILES string of the molecule is Cc1ccc(F)c(NC(=O)Nc2sccc2C(=O)O)c1F. The summed E-state index contributed by atoms with van der Waals surface area (Å²) in [4.78, 5) is 22.6. The minimum absolute atomic E-state index is 0.0773. The van der Waals surface area contributed by atoms with Crippen molar-refractivity contribution in [3.8, 4) is 0 Å². The molecule has 0 fully saturated rings. The minimum atomic E-state index is -1.21. The molecule has 0 aliphatic rings. The zero-order valence-electron chi connectivity index (χ0n) is 10.7. The van der Waals surface area contributed by atoms with Crippen molar-refractivity contribution in [2.24, 2.45) is 0 Å². The van der Waals surface area contributed by atoms with Crippen LogP contribution in [0.5, 0.6) is 0 Å². The van der Waals surface area contributed by atoms with Gasteiger partial charge in [-0.2, -0.15) is 0 Å². The number of thiophene rings is 1. The standard InChI is InChI=1S/C13H10F2N2O3S/c1-6-2-3-8(14)10(9(6)15)16-13(20)17-11-7(12(18)19)4-5-21-11/h2-5H,1H3,(H,18,19)(H2,16,17,20). The highest BCUT2D eigenvalue weighted by Gasteiger charge is 2.17. The summed E-state index contributed by atoms with van der Waals surface area (Å²) < 4.78 is 27.2. The summed E-state index contributed by atoms with van der Waals surface area (Å²) in [6.45, 7) is 1.43. The van der Waals surface area contributed by atoms with Crippen LogP contribution in [0.25, 0.3) is 0 Å². The Morgan fingerprint density at radius 2 is 1.90 bits per heavy atom. The molecule has 110 valence electrons. The van der Waals surface area contributed by atoms with Crippen LogP contribution in [0.15, 0.2) is 23.6 Å². The van der Waals surface area contributed by atoms with Crippen LogP contribution >= 0.6 is 11.3 Å². The van der Waals surface area contributed by atoms with Gasteiger partial charge in [0, 0.05) is 0 Å². The monoisotopic (exact) mass is 312 g/mol. The van der Waals surface area contributed by atoms with Gasteiger partial charge in [-0.25, -0.2) is 18.4 Å². The number of anilines is 2. The maximum absolute atomic E-state index is 13.7. The lowest BCUT2D eigenvalue weighted by atomic mass is 10.2. The summed E-state index contributed by atoms with van der Waals surface area (Å²) in [6.07, 6.45) is 0. The van der Waals surface area contributed by atoms with Gasteiger partial charge in [-0.05, 0) is 30.0 Å². The van der Waals surface area contributed by atoms with E-state index in [-0.39, 0.29) is 16.1 Å². The average molecular weight is 312 g/mol. The number of carbonyl (C=O) groups is 2. The lowest BCUT2D eigenvalue weighted by molar-refractivity contribution is 0.0698. The summed E-state index contributed by atoms with van der Waals surface area (Å²) >= 11 is 0.988. The number of benzene rings is 1. The van der Waals surface area contributed by atoms with Crippen molar-refractivity contribution in [3.63, 3.8) is 0 Å². The number of carbonyl (C=O) groups excluding carboxylic acids is 1. The first-order chi connectivity index (χ1) is 9.90. The van der Waals surface area contributed by atoms with E-state index in [1.54, 1.807) is 0 Å². The molecule has 3 N–H and O–H groups in total. The number of aryl methyl sites for hydroxylation is 1. The number of nitrogens with one attached hydrogen (secondary N) is 2. The number of halogens is 2. The van der Waals surface area contributed by atoms with Crippen molar-refractivity contribution >= 4 is 34.0 Å². The first kappa shape index (κ1) is 14.9. The second-order valence-electron chi connectivity index (χ2n) is 4.10. The summed E-state index contributed by atoms with van der Waals surface area (Å²) in [6, 6.07) is 2.66. The van der Waals surface area contributed by atoms with E-state index in [0.717, 1.165) is 17.4 Å². The number of carboxylic acids is 1. The quantitative estimate of drug-likeness (QED) is 0.809. The first-order valence-corrected chi connectivity index (χ1v) is 6.61. The van der Waals surface area contributed by atoms with Gasteiger partial charge in [0.15, 0.2) is 5.82 Å². The summed E-state index contributed by atoms with van der Waals surface area (Å²) in [5.41, 5.74) is -0.504. The van der Waals surface area contributed by atoms with Crippen molar-refractivity contribution in [3.05, 3.63) is 46.3 Å². The van der Waals surface area contributed by atoms with E-state index in [0.29, 0.717) is 0 Å². The fourth-order valence-corrected chi connectivity index (χ4v) is 2.37. The van der Waals surface area contributed by atoms with E-state index >= 15 is 0 Å². The highest BCUT2D eigenvalue weighted by atomic mass is 32.1. The number of amides is 2. The summed E-state index contributed by atoms with van der Waals surface area (Å²) in [7, 11) is 0. The van der Waals surface area contributed by atoms with Crippen LogP contribution in [-0.2, 0) is 0 Å². The van der Waals surface area contributed by atoms with E-state index < -0.39 is 29.3 Å². The fourth-order valence-electron chi connectivity index (χ4n) is 1.59. The molecule has 0 bridgehead atoms. The Hall–Kier alpha value is -2.48. The molecular formula is C13H10F2N2O3S. The fraction of sp³-hybridized carbons (Fsp3) is 0.0769. The molecule has 0 unspecified atom stereocenters. The van der Waals surface area contributed by atoms with Crippen LogP contribution in [0, 0.1) is 18.6 Å². The number of rotatable bonds is 3. The summed E-state index contributed by atoms with van der Waals surface area (Å²) in [5, 5.41) is 14.7. The second-order valence-corrected chi connectivity index (χ2v) is 5.02. The Labute approximate surface area is 122 Å². The van der Waals surface area contributed by atoms with Crippen molar-refractivity contribution in [1.82, 2.24) is 0 Å². The average Bonchev–Trinajstić information content (AvgIpc) is 2.87.